The lowest BCUT2D eigenvalue weighted by molar-refractivity contribution is -0.0153. The van der Waals surface area contributed by atoms with E-state index in [1.165, 1.54) is 6.92 Å². The number of hydrogen-bond donors (Lipinski definition) is 1. The lowest BCUT2D eigenvalue weighted by atomic mass is 10.1. The third kappa shape index (κ3) is 2.73. The van der Waals surface area contributed by atoms with Gasteiger partial charge in [-0.3, -0.25) is 0 Å². The first-order valence-electron chi connectivity index (χ1n) is 4.14. The van der Waals surface area contributed by atoms with Crippen molar-refractivity contribution in [2.75, 3.05) is 0 Å². The molecule has 2 N–H and O–H groups in total. The molecule has 0 atom stereocenters. The van der Waals surface area contributed by atoms with Gasteiger partial charge in [0.25, 0.3) is 0 Å². The maximum atomic E-state index is 12.7. The van der Waals surface area contributed by atoms with Gasteiger partial charge >= 0.3 is 0 Å². The smallest absolute Gasteiger partial charge is 0.248 e. The van der Waals surface area contributed by atoms with Gasteiger partial charge in [-0.1, -0.05) is 6.92 Å². The third-order valence-electron chi connectivity index (χ3n) is 2.40. The van der Waals surface area contributed by atoms with Crippen molar-refractivity contribution < 1.29 is 8.78 Å². The molecule has 0 bridgehead atoms. The van der Waals surface area contributed by atoms with Crippen LogP contribution >= 0.6 is 0 Å². The molecule has 1 aliphatic rings. The van der Waals surface area contributed by atoms with Crippen LogP contribution in [0.1, 0.15) is 39.0 Å². The van der Waals surface area contributed by atoms with E-state index in [4.69, 9.17) is 5.73 Å². The topological polar surface area (TPSA) is 26.0 Å². The number of nitrogens with two attached hydrogens (primary N) is 1. The molecule has 1 saturated carbocycles. The molecule has 0 aromatic rings. The summed E-state index contributed by atoms with van der Waals surface area (Å²) in [6, 6.07) is 0. The van der Waals surface area contributed by atoms with E-state index in [1.54, 1.807) is 0 Å². The Morgan fingerprint density at radius 1 is 1.45 bits per heavy atom. The van der Waals surface area contributed by atoms with Crippen LogP contribution in [0.5, 0.6) is 0 Å². The Labute approximate surface area is 66.0 Å². The van der Waals surface area contributed by atoms with Crippen LogP contribution in [0.4, 0.5) is 8.78 Å². The maximum Gasteiger partial charge on any atom is 0.248 e. The van der Waals surface area contributed by atoms with Gasteiger partial charge in [-0.2, -0.15) is 0 Å². The molecule has 1 aliphatic carbocycles. The van der Waals surface area contributed by atoms with Gasteiger partial charge in [0.1, 0.15) is 0 Å². The Morgan fingerprint density at radius 3 is 2.36 bits per heavy atom. The monoisotopic (exact) mass is 163 g/mol. The Hall–Kier alpha value is -0.180. The van der Waals surface area contributed by atoms with Crippen LogP contribution < -0.4 is 5.73 Å². The Bertz CT molecular complexity index is 141. The molecule has 1 fully saturated rings. The predicted molar refractivity (Wildman–Crippen MR) is 40.6 cm³/mol. The van der Waals surface area contributed by atoms with Gasteiger partial charge in [-0.05, 0) is 19.3 Å². The average Bonchev–Trinajstić information content (AvgIpc) is 2.66. The summed E-state index contributed by atoms with van der Waals surface area (Å²) in [5, 5.41) is 0. The second kappa shape index (κ2) is 2.70. The summed E-state index contributed by atoms with van der Waals surface area (Å²) in [5.74, 6) is -2.49. The van der Waals surface area contributed by atoms with Crippen molar-refractivity contribution in [3.8, 4) is 0 Å². The zero-order chi connectivity index (χ0) is 8.54. The molecule has 0 aromatic carbocycles. The molecule has 3 heteroatoms. The van der Waals surface area contributed by atoms with E-state index in [-0.39, 0.29) is 18.4 Å². The van der Waals surface area contributed by atoms with Crippen LogP contribution in [0.2, 0.25) is 0 Å². The van der Waals surface area contributed by atoms with Gasteiger partial charge in [0.05, 0.1) is 0 Å². The number of hydrogen-bond acceptors (Lipinski definition) is 1. The highest BCUT2D eigenvalue weighted by atomic mass is 19.3. The lowest BCUT2D eigenvalue weighted by Gasteiger charge is -2.16. The Morgan fingerprint density at radius 2 is 2.00 bits per heavy atom. The van der Waals surface area contributed by atoms with E-state index in [2.05, 4.69) is 0 Å². The minimum atomic E-state index is -2.49. The highest BCUT2D eigenvalue weighted by Gasteiger charge is 2.40. The molecule has 1 rings (SSSR count). The van der Waals surface area contributed by atoms with Gasteiger partial charge in [0.2, 0.25) is 5.92 Å². The van der Waals surface area contributed by atoms with Crippen molar-refractivity contribution in [3.63, 3.8) is 0 Å². The average molecular weight is 163 g/mol. The zero-order valence-electron chi connectivity index (χ0n) is 6.87. The molecule has 0 unspecified atom stereocenters. The van der Waals surface area contributed by atoms with Crippen LogP contribution in [0.25, 0.3) is 0 Å². The summed E-state index contributed by atoms with van der Waals surface area (Å²) in [6.07, 6.45) is 2.22. The number of rotatable bonds is 4. The molecule has 0 aromatic heterocycles. The largest absolute Gasteiger partial charge is 0.325 e. The van der Waals surface area contributed by atoms with Crippen molar-refractivity contribution in [2.45, 2.75) is 50.5 Å². The van der Waals surface area contributed by atoms with Crippen LogP contribution in [0, 0.1) is 0 Å². The standard InChI is InChI=1S/C8H15F2N/c1-2-8(9,10)6-5-7(11)3-4-7/h2-6,11H2,1H3. The molecule has 0 heterocycles. The molecule has 0 aliphatic heterocycles. The zero-order valence-corrected chi connectivity index (χ0v) is 6.87. The quantitative estimate of drug-likeness (QED) is 0.676. The fourth-order valence-electron chi connectivity index (χ4n) is 1.02. The van der Waals surface area contributed by atoms with Crippen molar-refractivity contribution in [3.05, 3.63) is 0 Å². The molecule has 0 amide bonds. The lowest BCUT2D eigenvalue weighted by Crippen LogP contribution is -2.25. The molecule has 0 spiro atoms. The van der Waals surface area contributed by atoms with Crippen molar-refractivity contribution >= 4 is 0 Å². The molecular weight excluding hydrogens is 148 g/mol. The molecule has 0 saturated heterocycles. The SMILES string of the molecule is CCC(F)(F)CCC1(N)CC1. The minimum Gasteiger partial charge on any atom is -0.325 e. The Kier molecular flexibility index (Phi) is 2.19. The first-order valence-corrected chi connectivity index (χ1v) is 4.14. The predicted octanol–water partition coefficient (Wildman–Crippen LogP) is 2.30. The summed E-state index contributed by atoms with van der Waals surface area (Å²) < 4.78 is 25.3. The van der Waals surface area contributed by atoms with Gasteiger partial charge in [0, 0.05) is 18.4 Å². The summed E-state index contributed by atoms with van der Waals surface area (Å²) in [6.45, 7) is 1.51. The van der Waals surface area contributed by atoms with E-state index in [0.29, 0.717) is 6.42 Å². The van der Waals surface area contributed by atoms with Crippen molar-refractivity contribution in [1.82, 2.24) is 0 Å². The number of alkyl halides is 2. The van der Waals surface area contributed by atoms with E-state index in [9.17, 15) is 8.78 Å². The first kappa shape index (κ1) is 8.91. The molecule has 11 heavy (non-hydrogen) atoms. The summed E-state index contributed by atoms with van der Waals surface area (Å²) in [4.78, 5) is 0. The minimum absolute atomic E-state index is 0.0417. The molecule has 0 radical (unpaired) electrons. The normalized spacial score (nSPS) is 21.8. The van der Waals surface area contributed by atoms with Gasteiger partial charge < -0.3 is 5.73 Å². The van der Waals surface area contributed by atoms with Gasteiger partial charge in [-0.15, -0.1) is 0 Å². The van der Waals surface area contributed by atoms with Crippen LogP contribution in [0.15, 0.2) is 0 Å². The van der Waals surface area contributed by atoms with Crippen LogP contribution in [0.3, 0.4) is 0 Å². The summed E-state index contributed by atoms with van der Waals surface area (Å²) in [7, 11) is 0. The van der Waals surface area contributed by atoms with Crippen molar-refractivity contribution in [2.24, 2.45) is 5.73 Å². The first-order chi connectivity index (χ1) is 4.97. The van der Waals surface area contributed by atoms with Crippen LogP contribution in [-0.2, 0) is 0 Å². The second-order valence-electron chi connectivity index (χ2n) is 3.57. The van der Waals surface area contributed by atoms with E-state index >= 15 is 0 Å². The van der Waals surface area contributed by atoms with E-state index < -0.39 is 5.92 Å². The summed E-state index contributed by atoms with van der Waals surface area (Å²) in [5.41, 5.74) is 5.45. The van der Waals surface area contributed by atoms with Gasteiger partial charge in [-0.25, -0.2) is 8.78 Å². The fraction of sp³-hybridized carbons (Fsp3) is 1.00. The third-order valence-corrected chi connectivity index (χ3v) is 2.40. The van der Waals surface area contributed by atoms with E-state index in [0.717, 1.165) is 12.8 Å². The highest BCUT2D eigenvalue weighted by molar-refractivity contribution is 4.99. The highest BCUT2D eigenvalue weighted by Crippen LogP contribution is 2.39. The molecule has 66 valence electrons. The maximum absolute atomic E-state index is 12.7. The van der Waals surface area contributed by atoms with Crippen LogP contribution in [-0.4, -0.2) is 11.5 Å². The molecule has 1 nitrogen and oxygen atoms in total. The van der Waals surface area contributed by atoms with Gasteiger partial charge in [0.15, 0.2) is 0 Å². The second-order valence-corrected chi connectivity index (χ2v) is 3.57. The molecular formula is C8H15F2N. The fourth-order valence-corrected chi connectivity index (χ4v) is 1.02. The number of halogens is 2. The summed E-state index contributed by atoms with van der Waals surface area (Å²) >= 11 is 0. The Balaban J connectivity index is 2.20. The van der Waals surface area contributed by atoms with Crippen molar-refractivity contribution in [1.29, 1.82) is 0 Å². The van der Waals surface area contributed by atoms with E-state index in [1.807, 2.05) is 0 Å².